The van der Waals surface area contributed by atoms with Gasteiger partial charge in [0, 0.05) is 26.2 Å². The van der Waals surface area contributed by atoms with Crippen LogP contribution < -0.4 is 0 Å². The molecule has 0 aromatic rings. The fourth-order valence-corrected chi connectivity index (χ4v) is 4.84. The molecule has 1 amide bonds. The van der Waals surface area contributed by atoms with Gasteiger partial charge in [0.15, 0.2) is 5.17 Å². The van der Waals surface area contributed by atoms with Crippen molar-refractivity contribution in [3.8, 4) is 0 Å². The zero-order valence-electron chi connectivity index (χ0n) is 20.8. The van der Waals surface area contributed by atoms with Gasteiger partial charge in [-0.3, -0.25) is 9.89 Å². The molecular formula is C24H42N2O6S. The van der Waals surface area contributed by atoms with E-state index in [1.54, 1.807) is 6.08 Å². The highest BCUT2D eigenvalue weighted by Gasteiger charge is 2.46. The highest BCUT2D eigenvalue weighted by Crippen LogP contribution is 2.38. The zero-order valence-corrected chi connectivity index (χ0v) is 21.6. The van der Waals surface area contributed by atoms with Crippen LogP contribution in [0.5, 0.6) is 0 Å². The van der Waals surface area contributed by atoms with Crippen LogP contribution in [0.2, 0.25) is 0 Å². The van der Waals surface area contributed by atoms with E-state index >= 15 is 0 Å². The fraction of sp³-hybridized carbons (Fsp3) is 0.833. The third-order valence-electron chi connectivity index (χ3n) is 5.30. The van der Waals surface area contributed by atoms with E-state index in [-0.39, 0.29) is 36.8 Å². The normalized spacial score (nSPS) is 27.5. The van der Waals surface area contributed by atoms with Gasteiger partial charge < -0.3 is 24.1 Å². The quantitative estimate of drug-likeness (QED) is 0.343. The summed E-state index contributed by atoms with van der Waals surface area (Å²) in [6, 6.07) is -0.222. The number of carbonyl (C=O) groups excluding carboxylic acids is 1. The predicted molar refractivity (Wildman–Crippen MR) is 132 cm³/mol. The second-order valence-corrected chi connectivity index (χ2v) is 10.5. The minimum atomic E-state index is -0.621. The van der Waals surface area contributed by atoms with Gasteiger partial charge in [-0.15, -0.1) is 6.58 Å². The van der Waals surface area contributed by atoms with Crippen LogP contribution in [0, 0.1) is 0 Å². The first-order valence-corrected chi connectivity index (χ1v) is 13.0. The predicted octanol–water partition coefficient (Wildman–Crippen LogP) is 4.36. The summed E-state index contributed by atoms with van der Waals surface area (Å²) in [6.07, 6.45) is 4.57. The molecule has 0 spiro atoms. The molecule has 0 aromatic heterocycles. The molecule has 0 aliphatic carbocycles. The van der Waals surface area contributed by atoms with Crippen LogP contribution in [-0.4, -0.2) is 83.0 Å². The molecule has 2 aliphatic heterocycles. The van der Waals surface area contributed by atoms with Crippen LogP contribution in [-0.2, 0) is 18.9 Å². The molecule has 0 saturated carbocycles. The molecule has 190 valence electrons. The number of hydrogen-bond acceptors (Lipinski definition) is 8. The summed E-state index contributed by atoms with van der Waals surface area (Å²) in [5.74, 6) is 0. The molecule has 33 heavy (non-hydrogen) atoms. The molecule has 1 N–H and O–H groups in total. The standard InChI is InChI=1S/C24H42N2O6S/c1-7-10-13-29-18-15-17-21(31-19(16-27)20(18)30-14-11-8-2)33-22(25-17)26(12-9-3)23(28)32-24(4,5)6/h9,17-21,27H,3,7-8,10-16H2,1-2,4-6H3/t17-,18-,19-,20+,21-/m1/s1. The second kappa shape index (κ2) is 13.7. The number of rotatable bonds is 11. The Bertz CT molecular complexity index is 653. The van der Waals surface area contributed by atoms with Crippen molar-refractivity contribution < 1.29 is 28.8 Å². The Labute approximate surface area is 203 Å². The summed E-state index contributed by atoms with van der Waals surface area (Å²) >= 11 is 1.37. The first-order chi connectivity index (χ1) is 15.7. The number of aliphatic hydroxyl groups excluding tert-OH is 1. The molecule has 9 heteroatoms. The highest BCUT2D eigenvalue weighted by atomic mass is 32.2. The van der Waals surface area contributed by atoms with Gasteiger partial charge in [0.1, 0.15) is 23.2 Å². The van der Waals surface area contributed by atoms with Crippen LogP contribution in [0.1, 0.15) is 66.7 Å². The van der Waals surface area contributed by atoms with Crippen LogP contribution >= 0.6 is 11.8 Å². The SMILES string of the molecule is C=CCN(C(=O)OC(C)(C)C)C1=N[C@@H]2C[C@@H](OCCCC)[C@H](OCCCC)[C@@H](CO)O[C@@H]2S1. The number of aliphatic imine (C=N–C) groups is 1. The number of nitrogens with zero attached hydrogens (tertiary/aromatic N) is 2. The van der Waals surface area contributed by atoms with Gasteiger partial charge in [0.2, 0.25) is 0 Å². The van der Waals surface area contributed by atoms with Crippen molar-refractivity contribution in [2.24, 2.45) is 4.99 Å². The van der Waals surface area contributed by atoms with E-state index in [0.717, 1.165) is 25.7 Å². The summed E-state index contributed by atoms with van der Waals surface area (Å²) < 4.78 is 24.2. The summed E-state index contributed by atoms with van der Waals surface area (Å²) in [5, 5.41) is 10.7. The van der Waals surface area contributed by atoms with E-state index in [1.165, 1.54) is 16.7 Å². The number of hydrogen-bond donors (Lipinski definition) is 1. The molecular weight excluding hydrogens is 444 g/mol. The minimum Gasteiger partial charge on any atom is -0.443 e. The summed E-state index contributed by atoms with van der Waals surface area (Å²) in [7, 11) is 0. The number of aliphatic hydroxyl groups is 1. The van der Waals surface area contributed by atoms with Crippen molar-refractivity contribution in [1.29, 1.82) is 0 Å². The number of unbranched alkanes of at least 4 members (excludes halogenated alkanes) is 2. The van der Waals surface area contributed by atoms with E-state index in [4.69, 9.17) is 23.9 Å². The Kier molecular flexibility index (Phi) is 11.7. The average Bonchev–Trinajstić information content (AvgIpc) is 3.07. The molecule has 0 aromatic carbocycles. The number of ether oxygens (including phenoxy) is 4. The molecule has 0 unspecified atom stereocenters. The summed E-state index contributed by atoms with van der Waals surface area (Å²) in [5.41, 5.74) is -0.964. The van der Waals surface area contributed by atoms with Gasteiger partial charge in [-0.1, -0.05) is 44.5 Å². The molecule has 8 nitrogen and oxygen atoms in total. The second-order valence-electron chi connectivity index (χ2n) is 9.39. The third kappa shape index (κ3) is 8.55. The minimum absolute atomic E-state index is 0.175. The van der Waals surface area contributed by atoms with E-state index in [2.05, 4.69) is 20.4 Å². The van der Waals surface area contributed by atoms with E-state index in [1.807, 2.05) is 20.8 Å². The van der Waals surface area contributed by atoms with Crippen LogP contribution in [0.25, 0.3) is 0 Å². The maximum Gasteiger partial charge on any atom is 0.416 e. The lowest BCUT2D eigenvalue weighted by molar-refractivity contribution is -0.140. The van der Waals surface area contributed by atoms with Gasteiger partial charge in [-0.05, 0) is 33.6 Å². The first kappa shape index (κ1) is 28.1. The van der Waals surface area contributed by atoms with E-state index in [9.17, 15) is 9.90 Å². The number of amides is 1. The smallest absolute Gasteiger partial charge is 0.416 e. The maximum absolute atomic E-state index is 12.8. The average molecular weight is 487 g/mol. The summed E-state index contributed by atoms with van der Waals surface area (Å²) in [6.45, 7) is 14.8. The van der Waals surface area contributed by atoms with Crippen LogP contribution in [0.15, 0.2) is 17.6 Å². The molecule has 0 bridgehead atoms. The van der Waals surface area contributed by atoms with Gasteiger partial charge >= 0.3 is 6.09 Å². The lowest BCUT2D eigenvalue weighted by atomic mass is 10.0. The Morgan fingerprint density at radius 3 is 2.52 bits per heavy atom. The van der Waals surface area contributed by atoms with Crippen molar-refractivity contribution in [3.63, 3.8) is 0 Å². The van der Waals surface area contributed by atoms with Crippen molar-refractivity contribution in [2.45, 2.75) is 102 Å². The highest BCUT2D eigenvalue weighted by molar-refractivity contribution is 8.14. The fourth-order valence-electron chi connectivity index (χ4n) is 3.64. The monoisotopic (exact) mass is 486 g/mol. The van der Waals surface area contributed by atoms with Crippen molar-refractivity contribution in [1.82, 2.24) is 4.90 Å². The molecule has 5 atom stereocenters. The Balaban J connectivity index is 2.23. The van der Waals surface area contributed by atoms with Gasteiger partial charge in [0.05, 0.1) is 18.8 Å². The molecule has 2 heterocycles. The van der Waals surface area contributed by atoms with Crippen molar-refractivity contribution in [2.75, 3.05) is 26.4 Å². The lowest BCUT2D eigenvalue weighted by Gasteiger charge is -2.31. The number of thioether (sulfide) groups is 1. The Morgan fingerprint density at radius 1 is 1.27 bits per heavy atom. The van der Waals surface area contributed by atoms with E-state index in [0.29, 0.717) is 24.8 Å². The Morgan fingerprint density at radius 2 is 1.94 bits per heavy atom. The third-order valence-corrected chi connectivity index (χ3v) is 6.50. The van der Waals surface area contributed by atoms with Gasteiger partial charge in [0.25, 0.3) is 0 Å². The summed E-state index contributed by atoms with van der Waals surface area (Å²) in [4.78, 5) is 19.1. The number of amidine groups is 1. The van der Waals surface area contributed by atoms with Crippen LogP contribution in [0.3, 0.4) is 0 Å². The zero-order chi connectivity index (χ0) is 24.4. The van der Waals surface area contributed by atoms with Crippen molar-refractivity contribution in [3.05, 3.63) is 12.7 Å². The number of fused-ring (bicyclic) bond motifs is 1. The first-order valence-electron chi connectivity index (χ1n) is 12.1. The molecule has 0 radical (unpaired) electrons. The molecule has 1 saturated heterocycles. The van der Waals surface area contributed by atoms with Gasteiger partial charge in [-0.25, -0.2) is 4.79 Å². The largest absolute Gasteiger partial charge is 0.443 e. The number of carbonyl (C=O) groups is 1. The van der Waals surface area contributed by atoms with E-state index < -0.39 is 17.8 Å². The Hall–Kier alpha value is -1.13. The van der Waals surface area contributed by atoms with Crippen LogP contribution in [0.4, 0.5) is 4.79 Å². The molecule has 2 aliphatic rings. The van der Waals surface area contributed by atoms with Gasteiger partial charge in [-0.2, -0.15) is 0 Å². The van der Waals surface area contributed by atoms with Crippen molar-refractivity contribution >= 4 is 23.0 Å². The lowest BCUT2D eigenvalue weighted by Crippen LogP contribution is -2.44. The molecule has 1 fully saturated rings. The molecule has 2 rings (SSSR count). The topological polar surface area (TPSA) is 89.8 Å². The maximum atomic E-state index is 12.8.